The maximum Gasteiger partial charge on any atom is 0.152 e. The number of rotatable bonds is 3. The molecule has 1 fully saturated rings. The van der Waals surface area contributed by atoms with Gasteiger partial charge in [0.05, 0.1) is 22.0 Å². The van der Waals surface area contributed by atoms with E-state index in [4.69, 9.17) is 11.6 Å². The van der Waals surface area contributed by atoms with Gasteiger partial charge in [0.25, 0.3) is 0 Å². The zero-order valence-electron chi connectivity index (χ0n) is 13.5. The van der Waals surface area contributed by atoms with Gasteiger partial charge in [-0.05, 0) is 37.1 Å². The van der Waals surface area contributed by atoms with E-state index in [0.29, 0.717) is 16.9 Å². The molecule has 25 heavy (non-hydrogen) atoms. The first-order valence-electron chi connectivity index (χ1n) is 8.22. The summed E-state index contributed by atoms with van der Waals surface area (Å²) in [6.07, 6.45) is 6.98. The van der Waals surface area contributed by atoms with Crippen molar-refractivity contribution in [3.63, 3.8) is 0 Å². The molecule has 128 valence electrons. The van der Waals surface area contributed by atoms with Crippen molar-refractivity contribution in [2.75, 3.05) is 0 Å². The van der Waals surface area contributed by atoms with Crippen LogP contribution < -0.4 is 0 Å². The van der Waals surface area contributed by atoms with Crippen molar-refractivity contribution in [2.24, 2.45) is 4.99 Å². The van der Waals surface area contributed by atoms with Crippen LogP contribution in [0.3, 0.4) is 0 Å². The quantitative estimate of drug-likeness (QED) is 0.760. The van der Waals surface area contributed by atoms with E-state index in [1.807, 2.05) is 6.07 Å². The Kier molecular flexibility index (Phi) is 5.30. The Morgan fingerprint density at radius 2 is 2.04 bits per heavy atom. The maximum absolute atomic E-state index is 13.3. The van der Waals surface area contributed by atoms with Crippen LogP contribution in [0.5, 0.6) is 5.75 Å². The first-order valence-corrected chi connectivity index (χ1v) is 8.60. The van der Waals surface area contributed by atoms with Crippen molar-refractivity contribution in [3.8, 4) is 11.8 Å². The molecule has 1 aromatic carbocycles. The highest BCUT2D eigenvalue weighted by Gasteiger charge is 2.23. The largest absolute Gasteiger partial charge is 0.505 e. The normalized spacial score (nSPS) is 15.8. The summed E-state index contributed by atoms with van der Waals surface area (Å²) in [6, 6.07) is 7.52. The maximum atomic E-state index is 13.3. The van der Waals surface area contributed by atoms with Gasteiger partial charge >= 0.3 is 0 Å². The third kappa shape index (κ3) is 3.80. The lowest BCUT2D eigenvalue weighted by molar-refractivity contribution is 0.405. The van der Waals surface area contributed by atoms with Gasteiger partial charge in [-0.15, -0.1) is 0 Å². The molecule has 3 rings (SSSR count). The molecule has 1 N–H and O–H groups in total. The monoisotopic (exact) mass is 357 g/mol. The third-order valence-corrected chi connectivity index (χ3v) is 4.74. The van der Waals surface area contributed by atoms with Crippen LogP contribution in [-0.4, -0.2) is 15.8 Å². The molecule has 0 amide bonds. The predicted molar refractivity (Wildman–Crippen MR) is 94.9 cm³/mol. The zero-order chi connectivity index (χ0) is 17.8. The fourth-order valence-electron chi connectivity index (χ4n) is 3.17. The molecule has 0 spiro atoms. The fourth-order valence-corrected chi connectivity index (χ4v) is 3.34. The topological polar surface area (TPSA) is 69.3 Å². The summed E-state index contributed by atoms with van der Waals surface area (Å²) in [4.78, 5) is 8.54. The van der Waals surface area contributed by atoms with Gasteiger partial charge in [-0.3, -0.25) is 4.98 Å². The van der Waals surface area contributed by atoms with Crippen LogP contribution in [0.25, 0.3) is 0 Å². The highest BCUT2D eigenvalue weighted by atomic mass is 35.5. The van der Waals surface area contributed by atoms with Crippen LogP contribution in [0, 0.1) is 17.1 Å². The van der Waals surface area contributed by atoms with Crippen LogP contribution in [-0.2, 0) is 0 Å². The SMILES string of the molecule is N#CC(=Nc1ccc(F)c(Cl)c1)c1ccnc(C2CCCCC2)c1O. The molecular weight excluding hydrogens is 341 g/mol. The standard InChI is InChI=1S/C19H17ClFN3O/c20-15-10-13(6-7-16(15)21)24-17(11-22)14-8-9-23-18(19(14)25)12-4-2-1-3-5-12/h6-10,12,25H,1-5H2. The molecule has 0 atom stereocenters. The fraction of sp³-hybridized carbons (Fsp3) is 0.316. The number of hydrogen-bond donors (Lipinski definition) is 1. The predicted octanol–water partition coefficient (Wildman–Crippen LogP) is 5.27. The van der Waals surface area contributed by atoms with E-state index in [9.17, 15) is 14.8 Å². The molecule has 2 aromatic rings. The molecule has 1 aromatic heterocycles. The average Bonchev–Trinajstić information content (AvgIpc) is 2.64. The van der Waals surface area contributed by atoms with Gasteiger partial charge < -0.3 is 5.11 Å². The number of aliphatic imine (C=N–C) groups is 1. The minimum atomic E-state index is -0.550. The van der Waals surface area contributed by atoms with E-state index >= 15 is 0 Å². The Bertz CT molecular complexity index is 854. The van der Waals surface area contributed by atoms with E-state index in [1.165, 1.54) is 24.6 Å². The zero-order valence-corrected chi connectivity index (χ0v) is 14.3. The molecule has 0 unspecified atom stereocenters. The third-order valence-electron chi connectivity index (χ3n) is 4.45. The van der Waals surface area contributed by atoms with Crippen LogP contribution in [0.15, 0.2) is 35.5 Å². The molecule has 1 aliphatic carbocycles. The van der Waals surface area contributed by atoms with Crippen molar-refractivity contribution in [2.45, 2.75) is 38.0 Å². The number of halogens is 2. The molecule has 1 aliphatic rings. The number of benzene rings is 1. The van der Waals surface area contributed by atoms with Crippen LogP contribution in [0.1, 0.15) is 49.3 Å². The molecule has 1 heterocycles. The first kappa shape index (κ1) is 17.4. The highest BCUT2D eigenvalue weighted by Crippen LogP contribution is 2.37. The second kappa shape index (κ2) is 7.62. The molecule has 4 nitrogen and oxygen atoms in total. The van der Waals surface area contributed by atoms with Crippen LogP contribution >= 0.6 is 11.6 Å². The summed E-state index contributed by atoms with van der Waals surface area (Å²) in [5, 5.41) is 20.0. The van der Waals surface area contributed by atoms with Gasteiger partial charge in [-0.2, -0.15) is 5.26 Å². The number of nitriles is 1. The Morgan fingerprint density at radius 3 is 2.72 bits per heavy atom. The van der Waals surface area contributed by atoms with Crippen LogP contribution in [0.2, 0.25) is 5.02 Å². The van der Waals surface area contributed by atoms with E-state index < -0.39 is 5.82 Å². The Labute approximate surface area is 150 Å². The number of pyridine rings is 1. The van der Waals surface area contributed by atoms with Crippen molar-refractivity contribution < 1.29 is 9.50 Å². The summed E-state index contributed by atoms with van der Waals surface area (Å²) < 4.78 is 13.3. The number of hydrogen-bond acceptors (Lipinski definition) is 4. The number of nitrogens with zero attached hydrogens (tertiary/aromatic N) is 3. The van der Waals surface area contributed by atoms with E-state index in [0.717, 1.165) is 25.7 Å². The highest BCUT2D eigenvalue weighted by molar-refractivity contribution is 6.31. The lowest BCUT2D eigenvalue weighted by Crippen LogP contribution is -2.09. The van der Waals surface area contributed by atoms with Gasteiger partial charge in [-0.1, -0.05) is 30.9 Å². The first-order chi connectivity index (χ1) is 12.1. The van der Waals surface area contributed by atoms with Gasteiger partial charge in [0.15, 0.2) is 5.71 Å². The van der Waals surface area contributed by atoms with Gasteiger partial charge in [-0.25, -0.2) is 9.38 Å². The van der Waals surface area contributed by atoms with E-state index in [1.54, 1.807) is 12.3 Å². The summed E-state index contributed by atoms with van der Waals surface area (Å²) in [7, 11) is 0. The van der Waals surface area contributed by atoms with Crippen molar-refractivity contribution in [1.29, 1.82) is 5.26 Å². The molecule has 0 radical (unpaired) electrons. The van der Waals surface area contributed by atoms with Gasteiger partial charge in [0.1, 0.15) is 17.6 Å². The van der Waals surface area contributed by atoms with E-state index in [2.05, 4.69) is 9.98 Å². The van der Waals surface area contributed by atoms with Gasteiger partial charge in [0.2, 0.25) is 0 Å². The molecule has 1 saturated carbocycles. The number of aromatic hydroxyl groups is 1. The number of aromatic nitrogens is 1. The lowest BCUT2D eigenvalue weighted by atomic mass is 9.85. The summed E-state index contributed by atoms with van der Waals surface area (Å²) in [5.41, 5.74) is 1.34. The Morgan fingerprint density at radius 1 is 1.28 bits per heavy atom. The molecule has 0 saturated heterocycles. The molecule has 0 bridgehead atoms. The van der Waals surface area contributed by atoms with Crippen molar-refractivity contribution in [1.82, 2.24) is 4.98 Å². The Balaban J connectivity index is 1.99. The minimum Gasteiger partial charge on any atom is -0.505 e. The minimum absolute atomic E-state index is 0.00269. The smallest absolute Gasteiger partial charge is 0.152 e. The van der Waals surface area contributed by atoms with Gasteiger partial charge in [0, 0.05) is 12.1 Å². The molecular formula is C19H17ClFN3O. The molecule has 0 aliphatic heterocycles. The average molecular weight is 358 g/mol. The van der Waals surface area contributed by atoms with E-state index in [-0.39, 0.29) is 22.4 Å². The van der Waals surface area contributed by atoms with Crippen molar-refractivity contribution in [3.05, 3.63) is 52.6 Å². The summed E-state index contributed by atoms with van der Waals surface area (Å²) >= 11 is 5.76. The second-order valence-corrected chi connectivity index (χ2v) is 6.51. The summed E-state index contributed by atoms with van der Waals surface area (Å²) in [5.74, 6) is -0.345. The lowest BCUT2D eigenvalue weighted by Gasteiger charge is -2.22. The van der Waals surface area contributed by atoms with Crippen LogP contribution in [0.4, 0.5) is 10.1 Å². The summed E-state index contributed by atoms with van der Waals surface area (Å²) in [6.45, 7) is 0. The Hall–Kier alpha value is -2.45. The molecule has 6 heteroatoms. The second-order valence-electron chi connectivity index (χ2n) is 6.10. The van der Waals surface area contributed by atoms with Crippen molar-refractivity contribution >= 4 is 23.0 Å².